The molecule has 1 heterocycles. The van der Waals surface area contributed by atoms with Gasteiger partial charge in [0.05, 0.1) is 4.90 Å². The molecule has 1 saturated heterocycles. The molecule has 2 rings (SSSR count). The van der Waals surface area contributed by atoms with Gasteiger partial charge in [0.2, 0.25) is 21.8 Å². The number of carbonyl (C=O) groups is 2. The van der Waals surface area contributed by atoms with Gasteiger partial charge in [-0.05, 0) is 24.6 Å². The van der Waals surface area contributed by atoms with Crippen LogP contribution in [0.4, 0.5) is 11.4 Å². The molecule has 20 heavy (non-hydrogen) atoms. The van der Waals surface area contributed by atoms with E-state index in [9.17, 15) is 18.0 Å². The molecule has 0 saturated carbocycles. The number of carbonyl (C=O) groups excluding carboxylic acids is 2. The number of imide groups is 1. The predicted octanol–water partition coefficient (Wildman–Crippen LogP) is -0.867. The third-order valence-corrected chi connectivity index (χ3v) is 3.73. The van der Waals surface area contributed by atoms with Gasteiger partial charge in [0.1, 0.15) is 6.04 Å². The second-order valence-electron chi connectivity index (χ2n) is 4.48. The van der Waals surface area contributed by atoms with Crippen molar-refractivity contribution in [3.8, 4) is 0 Å². The monoisotopic (exact) mass is 298 g/mol. The number of amides is 2. The van der Waals surface area contributed by atoms with Crippen LogP contribution in [0.25, 0.3) is 0 Å². The van der Waals surface area contributed by atoms with Gasteiger partial charge in [-0.3, -0.25) is 14.9 Å². The molecule has 1 aromatic carbocycles. The third kappa shape index (κ3) is 3.25. The van der Waals surface area contributed by atoms with Crippen LogP contribution in [0.5, 0.6) is 0 Å². The highest BCUT2D eigenvalue weighted by Gasteiger charge is 2.26. The first kappa shape index (κ1) is 14.3. The summed E-state index contributed by atoms with van der Waals surface area (Å²) < 4.78 is 22.6. The van der Waals surface area contributed by atoms with Crippen molar-refractivity contribution < 1.29 is 18.0 Å². The summed E-state index contributed by atoms with van der Waals surface area (Å²) in [5.41, 5.74) is 6.15. The normalized spacial score (nSPS) is 19.6. The summed E-state index contributed by atoms with van der Waals surface area (Å²) in [6.45, 7) is 0. The molecule has 1 atom stereocenters. The zero-order valence-corrected chi connectivity index (χ0v) is 11.2. The summed E-state index contributed by atoms with van der Waals surface area (Å²) in [4.78, 5) is 22.5. The summed E-state index contributed by atoms with van der Waals surface area (Å²) in [5, 5.41) is 10.1. The van der Waals surface area contributed by atoms with E-state index in [1.165, 1.54) is 18.2 Å². The van der Waals surface area contributed by atoms with E-state index in [1.807, 2.05) is 0 Å². The Hall–Kier alpha value is -2.13. The largest absolute Gasteiger partial charge is 0.399 e. The van der Waals surface area contributed by atoms with Gasteiger partial charge in [-0.2, -0.15) is 0 Å². The van der Waals surface area contributed by atoms with Crippen molar-refractivity contribution in [1.82, 2.24) is 5.32 Å². The lowest BCUT2D eigenvalue weighted by molar-refractivity contribution is -0.133. The summed E-state index contributed by atoms with van der Waals surface area (Å²) in [6.07, 6.45) is 0.540. The van der Waals surface area contributed by atoms with Crippen molar-refractivity contribution in [2.45, 2.75) is 23.8 Å². The molecule has 0 aromatic heterocycles. The number of benzene rings is 1. The second-order valence-corrected chi connectivity index (χ2v) is 6.05. The Morgan fingerprint density at radius 3 is 2.55 bits per heavy atom. The van der Waals surface area contributed by atoms with Crippen LogP contribution in [0.15, 0.2) is 23.1 Å². The number of hydrogen-bond acceptors (Lipinski definition) is 6. The molecule has 1 aliphatic rings. The predicted molar refractivity (Wildman–Crippen MR) is 72.0 cm³/mol. The molecule has 0 aliphatic carbocycles. The molecular weight excluding hydrogens is 284 g/mol. The minimum atomic E-state index is -3.89. The molecule has 2 amide bonds. The van der Waals surface area contributed by atoms with Crippen LogP contribution in [0.1, 0.15) is 12.8 Å². The van der Waals surface area contributed by atoms with Crippen molar-refractivity contribution in [1.29, 1.82) is 0 Å². The smallest absolute Gasteiger partial charge is 0.249 e. The van der Waals surface area contributed by atoms with Crippen molar-refractivity contribution in [2.75, 3.05) is 11.1 Å². The van der Waals surface area contributed by atoms with Crippen LogP contribution in [-0.4, -0.2) is 26.3 Å². The fourth-order valence-corrected chi connectivity index (χ4v) is 2.49. The quantitative estimate of drug-likeness (QED) is 0.422. The molecule has 1 unspecified atom stereocenters. The van der Waals surface area contributed by atoms with E-state index in [0.29, 0.717) is 12.1 Å². The van der Waals surface area contributed by atoms with E-state index in [1.54, 1.807) is 0 Å². The lowest BCUT2D eigenvalue weighted by Gasteiger charge is -2.23. The van der Waals surface area contributed by atoms with Gasteiger partial charge in [0.15, 0.2) is 0 Å². The molecular formula is C11H14N4O4S. The zero-order chi connectivity index (χ0) is 14.9. The van der Waals surface area contributed by atoms with Crippen LogP contribution in [0, 0.1) is 0 Å². The van der Waals surface area contributed by atoms with E-state index in [0.717, 1.165) is 0 Å². The van der Waals surface area contributed by atoms with E-state index >= 15 is 0 Å². The van der Waals surface area contributed by atoms with Gasteiger partial charge in [0, 0.05) is 17.8 Å². The van der Waals surface area contributed by atoms with Gasteiger partial charge in [-0.15, -0.1) is 0 Å². The number of nitrogens with two attached hydrogens (primary N) is 2. The van der Waals surface area contributed by atoms with E-state index in [4.69, 9.17) is 10.9 Å². The highest BCUT2D eigenvalue weighted by Crippen LogP contribution is 2.21. The molecule has 0 radical (unpaired) electrons. The van der Waals surface area contributed by atoms with Crippen molar-refractivity contribution in [2.24, 2.45) is 5.14 Å². The van der Waals surface area contributed by atoms with E-state index in [2.05, 4.69) is 10.6 Å². The average molecular weight is 298 g/mol. The van der Waals surface area contributed by atoms with Crippen LogP contribution < -0.4 is 21.5 Å². The molecule has 9 heteroatoms. The Bertz CT molecular complexity index is 671. The highest BCUT2D eigenvalue weighted by atomic mass is 32.2. The average Bonchev–Trinajstić information content (AvgIpc) is 2.31. The Morgan fingerprint density at radius 1 is 1.25 bits per heavy atom. The molecule has 1 aromatic rings. The Morgan fingerprint density at radius 2 is 1.95 bits per heavy atom. The Labute approximate surface area is 115 Å². The van der Waals surface area contributed by atoms with Crippen LogP contribution in [0.3, 0.4) is 0 Å². The number of primary sulfonamides is 1. The second kappa shape index (κ2) is 5.10. The van der Waals surface area contributed by atoms with Crippen molar-refractivity contribution in [3.63, 3.8) is 0 Å². The zero-order valence-electron chi connectivity index (χ0n) is 10.4. The Balaban J connectivity index is 2.24. The van der Waals surface area contributed by atoms with E-state index in [-0.39, 0.29) is 22.9 Å². The summed E-state index contributed by atoms with van der Waals surface area (Å²) in [5.74, 6) is -0.785. The van der Waals surface area contributed by atoms with Crippen LogP contribution in [0.2, 0.25) is 0 Å². The number of sulfonamides is 1. The SMILES string of the molecule is Nc1cc(NC2CCC(=O)NC2=O)cc(S(N)(=O)=O)c1. The molecule has 1 fully saturated rings. The highest BCUT2D eigenvalue weighted by molar-refractivity contribution is 7.89. The number of anilines is 2. The number of hydrogen-bond donors (Lipinski definition) is 4. The summed E-state index contributed by atoms with van der Waals surface area (Å²) >= 11 is 0. The summed E-state index contributed by atoms with van der Waals surface area (Å²) in [7, 11) is -3.89. The maximum Gasteiger partial charge on any atom is 0.249 e. The first-order valence-corrected chi connectivity index (χ1v) is 7.34. The third-order valence-electron chi connectivity index (χ3n) is 2.84. The molecule has 6 N–H and O–H groups in total. The number of nitrogens with one attached hydrogen (secondary N) is 2. The van der Waals surface area contributed by atoms with E-state index < -0.39 is 22.0 Å². The molecule has 108 valence electrons. The lowest BCUT2D eigenvalue weighted by Crippen LogP contribution is -2.47. The van der Waals surface area contributed by atoms with Gasteiger partial charge in [-0.1, -0.05) is 0 Å². The minimum Gasteiger partial charge on any atom is -0.399 e. The van der Waals surface area contributed by atoms with Crippen LogP contribution >= 0.6 is 0 Å². The number of piperidine rings is 1. The molecule has 1 aliphatic heterocycles. The lowest BCUT2D eigenvalue weighted by atomic mass is 10.1. The fourth-order valence-electron chi connectivity index (χ4n) is 1.90. The maximum atomic E-state index is 11.6. The molecule has 0 bridgehead atoms. The van der Waals surface area contributed by atoms with Crippen molar-refractivity contribution in [3.05, 3.63) is 18.2 Å². The van der Waals surface area contributed by atoms with Crippen molar-refractivity contribution >= 4 is 33.2 Å². The molecule has 8 nitrogen and oxygen atoms in total. The molecule has 0 spiro atoms. The first-order valence-electron chi connectivity index (χ1n) is 5.79. The minimum absolute atomic E-state index is 0.146. The number of nitrogen functional groups attached to an aromatic ring is 1. The topological polar surface area (TPSA) is 144 Å². The van der Waals surface area contributed by atoms with Gasteiger partial charge < -0.3 is 11.1 Å². The summed E-state index contributed by atoms with van der Waals surface area (Å²) in [6, 6.07) is 3.38. The van der Waals surface area contributed by atoms with Gasteiger partial charge in [-0.25, -0.2) is 13.6 Å². The van der Waals surface area contributed by atoms with Crippen LogP contribution in [-0.2, 0) is 19.6 Å². The standard InChI is InChI=1S/C11H14N4O4S/c12-6-3-7(5-8(4-6)20(13,18)19)14-9-1-2-10(16)15-11(9)17/h3-5,9,14H,1-2,12H2,(H2,13,18,19)(H,15,16,17). The maximum absolute atomic E-state index is 11.6. The van der Waals surface area contributed by atoms with Gasteiger partial charge >= 0.3 is 0 Å². The first-order chi connectivity index (χ1) is 9.25. The Kier molecular flexibility index (Phi) is 3.64. The van der Waals surface area contributed by atoms with Gasteiger partial charge in [0.25, 0.3) is 0 Å². The fraction of sp³-hybridized carbons (Fsp3) is 0.273. The number of rotatable bonds is 3.